The maximum absolute atomic E-state index is 13.1. The minimum Gasteiger partial charge on any atom is -0.339 e. The van der Waals surface area contributed by atoms with Crippen LogP contribution in [0.5, 0.6) is 0 Å². The van der Waals surface area contributed by atoms with Gasteiger partial charge in [-0.25, -0.2) is 12.8 Å². The topological polar surface area (TPSA) is 76.3 Å². The van der Waals surface area contributed by atoms with Crippen LogP contribution in [0, 0.1) is 5.82 Å². The molecule has 0 N–H and O–H groups in total. The molecule has 9 heteroatoms. The van der Waals surface area contributed by atoms with Crippen LogP contribution >= 0.6 is 11.6 Å². The maximum atomic E-state index is 13.1. The van der Waals surface area contributed by atoms with Gasteiger partial charge in [0.1, 0.15) is 5.82 Å². The molecule has 1 aliphatic rings. The third-order valence-corrected chi connectivity index (χ3v) is 6.86. The zero-order valence-corrected chi connectivity index (χ0v) is 16.3. The summed E-state index contributed by atoms with van der Waals surface area (Å²) in [6.07, 6.45) is 1.42. The number of rotatable bonds is 4. The zero-order valence-electron chi connectivity index (χ0n) is 14.8. The van der Waals surface area contributed by atoms with Gasteiger partial charge in [0.05, 0.1) is 10.8 Å². The van der Waals surface area contributed by atoms with Gasteiger partial charge in [-0.3, -0.25) is 0 Å². The molecule has 6 nitrogen and oxygen atoms in total. The summed E-state index contributed by atoms with van der Waals surface area (Å²) in [5.74, 6) is 0.169. The van der Waals surface area contributed by atoms with Gasteiger partial charge in [0, 0.05) is 23.7 Å². The van der Waals surface area contributed by atoms with Crippen LogP contribution in [0.15, 0.2) is 57.9 Å². The second kappa shape index (κ2) is 7.62. The largest absolute Gasteiger partial charge is 0.339 e. The molecule has 146 valence electrons. The van der Waals surface area contributed by atoms with E-state index in [9.17, 15) is 12.8 Å². The lowest BCUT2D eigenvalue weighted by molar-refractivity contribution is 0.265. The number of halogens is 2. The van der Waals surface area contributed by atoms with Crippen molar-refractivity contribution < 1.29 is 17.3 Å². The summed E-state index contributed by atoms with van der Waals surface area (Å²) in [7, 11) is -3.71. The van der Waals surface area contributed by atoms with Gasteiger partial charge in [-0.2, -0.15) is 9.29 Å². The average Bonchev–Trinajstić information content (AvgIpc) is 3.19. The van der Waals surface area contributed by atoms with E-state index in [1.54, 1.807) is 24.3 Å². The molecule has 1 fully saturated rings. The van der Waals surface area contributed by atoms with Crippen molar-refractivity contribution in [2.75, 3.05) is 13.1 Å². The van der Waals surface area contributed by atoms with Crippen molar-refractivity contribution in [2.24, 2.45) is 0 Å². The lowest BCUT2D eigenvalue weighted by Crippen LogP contribution is -2.39. The van der Waals surface area contributed by atoms with Crippen molar-refractivity contribution >= 4 is 21.6 Å². The molecule has 2 aromatic carbocycles. The monoisotopic (exact) mass is 421 g/mol. The fraction of sp³-hybridized carbons (Fsp3) is 0.263. The normalized spacial score (nSPS) is 18.3. The van der Waals surface area contributed by atoms with Gasteiger partial charge in [-0.05, 0) is 61.4 Å². The number of hydrogen-bond acceptors (Lipinski definition) is 5. The lowest BCUT2D eigenvalue weighted by atomic mass is 10.00. The molecular weight excluding hydrogens is 405 g/mol. The predicted molar refractivity (Wildman–Crippen MR) is 102 cm³/mol. The molecule has 0 amide bonds. The molecule has 3 aromatic rings. The highest BCUT2D eigenvalue weighted by Crippen LogP contribution is 2.30. The molecule has 0 saturated carbocycles. The Morgan fingerprint density at radius 3 is 2.54 bits per heavy atom. The number of sulfonamides is 1. The van der Waals surface area contributed by atoms with Gasteiger partial charge in [0.15, 0.2) is 0 Å². The van der Waals surface area contributed by atoms with E-state index < -0.39 is 15.8 Å². The fourth-order valence-corrected chi connectivity index (χ4v) is 4.88. The number of hydrogen-bond donors (Lipinski definition) is 0. The van der Waals surface area contributed by atoms with E-state index in [0.29, 0.717) is 29.7 Å². The molecule has 1 aromatic heterocycles. The Hall–Kier alpha value is -2.29. The minimum absolute atomic E-state index is 0.0712. The third kappa shape index (κ3) is 3.80. The number of benzene rings is 2. The Bertz CT molecular complexity index is 1070. The van der Waals surface area contributed by atoms with Crippen LogP contribution in [-0.4, -0.2) is 36.0 Å². The summed E-state index contributed by atoms with van der Waals surface area (Å²) in [5.41, 5.74) is 0.769. The Balaban J connectivity index is 1.54. The highest BCUT2D eigenvalue weighted by atomic mass is 35.5. The first-order valence-corrected chi connectivity index (χ1v) is 10.6. The molecule has 4 rings (SSSR count). The second-order valence-electron chi connectivity index (χ2n) is 6.62. The first kappa shape index (κ1) is 19.0. The molecule has 28 heavy (non-hydrogen) atoms. The van der Waals surface area contributed by atoms with Crippen molar-refractivity contribution in [1.82, 2.24) is 14.4 Å². The first-order valence-electron chi connectivity index (χ1n) is 8.79. The minimum atomic E-state index is -3.71. The van der Waals surface area contributed by atoms with Crippen molar-refractivity contribution in [1.29, 1.82) is 0 Å². The van der Waals surface area contributed by atoms with Crippen LogP contribution in [0.25, 0.3) is 11.4 Å². The average molecular weight is 422 g/mol. The molecule has 1 unspecified atom stereocenters. The molecule has 1 atom stereocenters. The van der Waals surface area contributed by atoms with Crippen LogP contribution in [0.1, 0.15) is 24.7 Å². The smallest absolute Gasteiger partial charge is 0.243 e. The quantitative estimate of drug-likeness (QED) is 0.634. The van der Waals surface area contributed by atoms with Gasteiger partial charge in [-0.15, -0.1) is 0 Å². The highest BCUT2D eigenvalue weighted by Gasteiger charge is 2.33. The highest BCUT2D eigenvalue weighted by molar-refractivity contribution is 7.89. The first-order chi connectivity index (χ1) is 13.4. The van der Waals surface area contributed by atoms with Crippen LogP contribution in [0.2, 0.25) is 5.02 Å². The van der Waals surface area contributed by atoms with Gasteiger partial charge >= 0.3 is 0 Å². The SMILES string of the molecule is O=S(=O)(c1ccc(F)cc1)N1CCCC(c2nc(-c3ccc(Cl)cc3)no2)C1. The van der Waals surface area contributed by atoms with Gasteiger partial charge in [-0.1, -0.05) is 16.8 Å². The third-order valence-electron chi connectivity index (χ3n) is 4.73. The molecule has 1 aliphatic heterocycles. The predicted octanol–water partition coefficient (Wildman–Crippen LogP) is 4.10. The fourth-order valence-electron chi connectivity index (χ4n) is 3.24. The standard InChI is InChI=1S/C19H17ClFN3O3S/c20-15-5-3-13(4-6-15)18-22-19(27-23-18)14-2-1-11-24(12-14)28(25,26)17-9-7-16(21)8-10-17/h3-10,14H,1-2,11-12H2. The second-order valence-corrected chi connectivity index (χ2v) is 8.99. The Morgan fingerprint density at radius 2 is 1.82 bits per heavy atom. The molecule has 0 aliphatic carbocycles. The molecule has 2 heterocycles. The Kier molecular flexibility index (Phi) is 5.18. The number of nitrogens with zero attached hydrogens (tertiary/aromatic N) is 3. The summed E-state index contributed by atoms with van der Waals surface area (Å²) in [6, 6.07) is 11.9. The van der Waals surface area contributed by atoms with E-state index >= 15 is 0 Å². The van der Waals surface area contributed by atoms with Gasteiger partial charge in [0.25, 0.3) is 0 Å². The van der Waals surface area contributed by atoms with Crippen LogP contribution in [-0.2, 0) is 10.0 Å². The van der Waals surface area contributed by atoms with E-state index in [4.69, 9.17) is 16.1 Å². The van der Waals surface area contributed by atoms with E-state index in [0.717, 1.165) is 24.1 Å². The van der Waals surface area contributed by atoms with Crippen molar-refractivity contribution in [3.05, 3.63) is 65.3 Å². The van der Waals surface area contributed by atoms with Gasteiger partial charge < -0.3 is 4.52 Å². The van der Waals surface area contributed by atoms with Gasteiger partial charge in [0.2, 0.25) is 21.7 Å². The summed E-state index contributed by atoms with van der Waals surface area (Å²) in [4.78, 5) is 4.51. The Labute approximate surface area is 167 Å². The molecule has 1 saturated heterocycles. The lowest BCUT2D eigenvalue weighted by Gasteiger charge is -2.30. The molecule has 0 spiro atoms. The molecule has 0 radical (unpaired) electrons. The van der Waals surface area contributed by atoms with E-state index in [-0.39, 0.29) is 17.4 Å². The van der Waals surface area contributed by atoms with Crippen LogP contribution < -0.4 is 0 Å². The zero-order chi connectivity index (χ0) is 19.7. The summed E-state index contributed by atoms with van der Waals surface area (Å²) in [6.45, 7) is 0.635. The molecule has 0 bridgehead atoms. The van der Waals surface area contributed by atoms with Crippen LogP contribution in [0.3, 0.4) is 0 Å². The van der Waals surface area contributed by atoms with E-state index in [1.165, 1.54) is 16.4 Å². The summed E-state index contributed by atoms with van der Waals surface area (Å²) >= 11 is 5.90. The van der Waals surface area contributed by atoms with E-state index in [2.05, 4.69) is 10.1 Å². The molecular formula is C19H17ClFN3O3S. The number of aromatic nitrogens is 2. The number of piperidine rings is 1. The maximum Gasteiger partial charge on any atom is 0.243 e. The van der Waals surface area contributed by atoms with Crippen molar-refractivity contribution in [3.8, 4) is 11.4 Å². The Morgan fingerprint density at radius 1 is 1.11 bits per heavy atom. The van der Waals surface area contributed by atoms with Crippen molar-refractivity contribution in [3.63, 3.8) is 0 Å². The van der Waals surface area contributed by atoms with Crippen molar-refractivity contribution in [2.45, 2.75) is 23.7 Å². The van der Waals surface area contributed by atoms with E-state index in [1.807, 2.05) is 0 Å². The van der Waals surface area contributed by atoms with Crippen LogP contribution in [0.4, 0.5) is 4.39 Å². The summed E-state index contributed by atoms with van der Waals surface area (Å²) < 4.78 is 45.6. The summed E-state index contributed by atoms with van der Waals surface area (Å²) in [5, 5.41) is 4.62.